The van der Waals surface area contributed by atoms with Crippen LogP contribution in [0.2, 0.25) is 0 Å². The zero-order valence-corrected chi connectivity index (χ0v) is 19.0. The number of benzene rings is 1. The summed E-state index contributed by atoms with van der Waals surface area (Å²) in [5.74, 6) is -0.268. The van der Waals surface area contributed by atoms with Gasteiger partial charge >= 0.3 is 0 Å². The van der Waals surface area contributed by atoms with Gasteiger partial charge in [-0.25, -0.2) is 12.8 Å². The van der Waals surface area contributed by atoms with Gasteiger partial charge in [-0.05, 0) is 36.4 Å². The molecule has 0 N–H and O–H groups in total. The second kappa shape index (κ2) is 9.35. The smallest absolute Gasteiger partial charge is 0.245 e. The molecule has 0 radical (unpaired) electrons. The Kier molecular flexibility index (Phi) is 6.54. The van der Waals surface area contributed by atoms with Crippen molar-refractivity contribution in [3.63, 3.8) is 0 Å². The zero-order valence-electron chi connectivity index (χ0n) is 18.2. The molecule has 4 rings (SSSR count). The second-order valence-corrected chi connectivity index (χ2v) is 9.93. The van der Waals surface area contributed by atoms with Crippen molar-refractivity contribution >= 4 is 15.7 Å². The summed E-state index contributed by atoms with van der Waals surface area (Å²) in [5, 5.41) is 3.96. The summed E-state index contributed by atoms with van der Waals surface area (Å²) in [6.07, 6.45) is 4.63. The largest absolute Gasteiger partial charge is 0.367 e. The monoisotopic (exact) mass is 458 g/mol. The SMILES string of the molecule is CN(CCN1CCN(c2cccnc2-c2ccc(F)cc2)CC1)S(=O)(=O)c1cnn(C)c1. The number of anilines is 1. The Balaban J connectivity index is 1.36. The van der Waals surface area contributed by atoms with Gasteiger partial charge < -0.3 is 4.90 Å². The lowest BCUT2D eigenvalue weighted by Crippen LogP contribution is -2.48. The van der Waals surface area contributed by atoms with Crippen LogP contribution >= 0.6 is 0 Å². The lowest BCUT2D eigenvalue weighted by Gasteiger charge is -2.37. The Labute approximate surface area is 187 Å². The average Bonchev–Trinajstić information content (AvgIpc) is 3.25. The third-order valence-electron chi connectivity index (χ3n) is 5.74. The average molecular weight is 459 g/mol. The number of halogens is 1. The maximum atomic E-state index is 13.3. The first-order chi connectivity index (χ1) is 15.3. The van der Waals surface area contributed by atoms with Crippen LogP contribution in [0.15, 0.2) is 59.9 Å². The van der Waals surface area contributed by atoms with Gasteiger partial charge in [0.25, 0.3) is 0 Å². The Morgan fingerprint density at radius 1 is 1.09 bits per heavy atom. The van der Waals surface area contributed by atoms with Crippen LogP contribution < -0.4 is 4.90 Å². The summed E-state index contributed by atoms with van der Waals surface area (Å²) >= 11 is 0. The lowest BCUT2D eigenvalue weighted by atomic mass is 10.1. The number of aromatic nitrogens is 3. The molecule has 1 aliphatic rings. The van der Waals surface area contributed by atoms with E-state index in [1.807, 2.05) is 12.1 Å². The normalized spacial score (nSPS) is 15.4. The van der Waals surface area contributed by atoms with Crippen LogP contribution in [-0.2, 0) is 17.1 Å². The van der Waals surface area contributed by atoms with Crippen molar-refractivity contribution in [2.75, 3.05) is 51.2 Å². The summed E-state index contributed by atoms with van der Waals surface area (Å²) in [4.78, 5) is 9.28. The van der Waals surface area contributed by atoms with Crippen LogP contribution in [0.25, 0.3) is 11.3 Å². The number of hydrogen-bond donors (Lipinski definition) is 0. The minimum Gasteiger partial charge on any atom is -0.367 e. The molecule has 8 nitrogen and oxygen atoms in total. The Morgan fingerprint density at radius 3 is 2.47 bits per heavy atom. The van der Waals surface area contributed by atoms with Crippen LogP contribution in [0.1, 0.15) is 0 Å². The topological polar surface area (TPSA) is 74.6 Å². The standard InChI is InChI=1S/C22H27FN6O2S/c1-26-17-20(16-25-26)32(30,31)27(2)10-11-28-12-14-29(15-13-28)21-4-3-9-24-22(21)18-5-7-19(23)8-6-18/h3-9,16-17H,10-15H2,1-2H3. The minimum absolute atomic E-state index is 0.206. The van der Waals surface area contributed by atoms with Crippen molar-refractivity contribution in [1.29, 1.82) is 0 Å². The highest BCUT2D eigenvalue weighted by Gasteiger charge is 2.24. The van der Waals surface area contributed by atoms with E-state index >= 15 is 0 Å². The second-order valence-electron chi connectivity index (χ2n) is 7.88. The van der Waals surface area contributed by atoms with Crippen molar-refractivity contribution in [3.05, 3.63) is 60.8 Å². The summed E-state index contributed by atoms with van der Waals surface area (Å²) in [5.41, 5.74) is 2.74. The van der Waals surface area contributed by atoms with Gasteiger partial charge in [0.1, 0.15) is 10.7 Å². The quantitative estimate of drug-likeness (QED) is 0.540. The predicted molar refractivity (Wildman–Crippen MR) is 121 cm³/mol. The van der Waals surface area contributed by atoms with Crippen LogP contribution in [-0.4, -0.2) is 78.7 Å². The number of aryl methyl sites for hydroxylation is 1. The number of likely N-dealkylation sites (N-methyl/N-ethyl adjacent to an activating group) is 1. The molecule has 0 amide bonds. The van der Waals surface area contributed by atoms with E-state index in [4.69, 9.17) is 0 Å². The number of pyridine rings is 1. The highest BCUT2D eigenvalue weighted by Crippen LogP contribution is 2.29. The van der Waals surface area contributed by atoms with Crippen LogP contribution in [0.3, 0.4) is 0 Å². The fourth-order valence-electron chi connectivity index (χ4n) is 3.81. The molecule has 10 heteroatoms. The van der Waals surface area contributed by atoms with E-state index in [2.05, 4.69) is 19.9 Å². The first-order valence-electron chi connectivity index (χ1n) is 10.5. The molecule has 1 fully saturated rings. The van der Waals surface area contributed by atoms with Crippen LogP contribution in [0.5, 0.6) is 0 Å². The van der Waals surface area contributed by atoms with Gasteiger partial charge in [-0.1, -0.05) is 0 Å². The molecule has 0 unspecified atom stereocenters. The molecule has 32 heavy (non-hydrogen) atoms. The molecular weight excluding hydrogens is 431 g/mol. The fourth-order valence-corrected chi connectivity index (χ4v) is 4.96. The molecule has 1 aliphatic heterocycles. The molecular formula is C22H27FN6O2S. The predicted octanol–water partition coefficient (Wildman–Crippen LogP) is 2.06. The van der Waals surface area contributed by atoms with Gasteiger partial charge in [0, 0.05) is 71.3 Å². The molecule has 0 atom stereocenters. The molecule has 0 bridgehead atoms. The number of hydrogen-bond acceptors (Lipinski definition) is 6. The third kappa shape index (κ3) is 4.82. The van der Waals surface area contributed by atoms with Gasteiger partial charge in [0.05, 0.1) is 17.6 Å². The summed E-state index contributed by atoms with van der Waals surface area (Å²) in [7, 11) is -0.237. The van der Waals surface area contributed by atoms with E-state index < -0.39 is 10.0 Å². The molecule has 170 valence electrons. The molecule has 3 aromatic rings. The van der Waals surface area contributed by atoms with Crippen LogP contribution in [0, 0.1) is 5.82 Å². The molecule has 0 aliphatic carbocycles. The first-order valence-corrected chi connectivity index (χ1v) is 11.9. The zero-order chi connectivity index (χ0) is 22.7. The minimum atomic E-state index is -3.53. The Hall–Kier alpha value is -2.82. The van der Waals surface area contributed by atoms with Crippen molar-refractivity contribution in [2.45, 2.75) is 4.90 Å². The van der Waals surface area contributed by atoms with Gasteiger partial charge in [-0.2, -0.15) is 9.40 Å². The van der Waals surface area contributed by atoms with Gasteiger partial charge in [0.15, 0.2) is 0 Å². The maximum absolute atomic E-state index is 13.3. The lowest BCUT2D eigenvalue weighted by molar-refractivity contribution is 0.244. The number of nitrogens with zero attached hydrogens (tertiary/aromatic N) is 6. The summed E-state index contributed by atoms with van der Waals surface area (Å²) < 4.78 is 41.5. The van der Waals surface area contributed by atoms with Gasteiger partial charge in [0.2, 0.25) is 10.0 Å². The highest BCUT2D eigenvalue weighted by molar-refractivity contribution is 7.89. The van der Waals surface area contributed by atoms with E-state index in [1.54, 1.807) is 32.4 Å². The third-order valence-corrected chi connectivity index (χ3v) is 7.55. The summed E-state index contributed by atoms with van der Waals surface area (Å²) in [6, 6.07) is 10.3. The van der Waals surface area contributed by atoms with Crippen LogP contribution in [0.4, 0.5) is 10.1 Å². The van der Waals surface area contributed by atoms with Crippen molar-refractivity contribution in [2.24, 2.45) is 7.05 Å². The maximum Gasteiger partial charge on any atom is 0.245 e. The molecule has 0 saturated carbocycles. The van der Waals surface area contributed by atoms with E-state index in [0.29, 0.717) is 13.1 Å². The van der Waals surface area contributed by atoms with Gasteiger partial charge in [-0.15, -0.1) is 0 Å². The van der Waals surface area contributed by atoms with E-state index in [1.165, 1.54) is 33.5 Å². The Bertz CT molecular complexity index is 1160. The van der Waals surface area contributed by atoms with E-state index in [0.717, 1.165) is 43.1 Å². The first kappa shape index (κ1) is 22.4. The molecule has 1 saturated heterocycles. The number of sulfonamides is 1. The summed E-state index contributed by atoms with van der Waals surface area (Å²) in [6.45, 7) is 4.31. The van der Waals surface area contributed by atoms with Crippen molar-refractivity contribution < 1.29 is 12.8 Å². The molecule has 1 aromatic carbocycles. The molecule has 2 aromatic heterocycles. The van der Waals surface area contributed by atoms with E-state index in [-0.39, 0.29) is 10.7 Å². The molecule has 0 spiro atoms. The Morgan fingerprint density at radius 2 is 1.81 bits per heavy atom. The number of rotatable bonds is 7. The fraction of sp³-hybridized carbons (Fsp3) is 0.364. The van der Waals surface area contributed by atoms with E-state index in [9.17, 15) is 12.8 Å². The highest BCUT2D eigenvalue weighted by atomic mass is 32.2. The van der Waals surface area contributed by atoms with Crippen molar-refractivity contribution in [3.8, 4) is 11.3 Å². The molecule has 3 heterocycles. The van der Waals surface area contributed by atoms with Gasteiger partial charge in [-0.3, -0.25) is 14.6 Å². The number of piperazine rings is 1. The van der Waals surface area contributed by atoms with Crippen molar-refractivity contribution in [1.82, 2.24) is 24.0 Å².